The second-order valence-electron chi connectivity index (χ2n) is 10.8. The molecule has 3 heterocycles. The number of aromatic nitrogens is 4. The highest BCUT2D eigenvalue weighted by atomic mass is 16.6. The van der Waals surface area contributed by atoms with Gasteiger partial charge >= 0.3 is 5.97 Å². The molecule has 1 unspecified atom stereocenters. The van der Waals surface area contributed by atoms with Crippen molar-refractivity contribution in [2.45, 2.75) is 103 Å². The van der Waals surface area contributed by atoms with Crippen molar-refractivity contribution in [2.75, 3.05) is 18.0 Å². The molecule has 34 heavy (non-hydrogen) atoms. The van der Waals surface area contributed by atoms with E-state index in [4.69, 9.17) is 14.2 Å². The lowest BCUT2D eigenvalue weighted by Crippen LogP contribution is -2.25. The zero-order valence-corrected chi connectivity index (χ0v) is 21.0. The summed E-state index contributed by atoms with van der Waals surface area (Å²) in [5, 5.41) is 4.25. The van der Waals surface area contributed by atoms with Crippen LogP contribution in [0.5, 0.6) is 0 Å². The van der Waals surface area contributed by atoms with E-state index < -0.39 is 5.60 Å². The van der Waals surface area contributed by atoms with Crippen molar-refractivity contribution in [2.24, 2.45) is 5.92 Å². The van der Waals surface area contributed by atoms with E-state index in [-0.39, 0.29) is 18.3 Å². The molecule has 2 aromatic heterocycles. The molecular formula is C26H39N5O3. The number of carbonyl (C=O) groups is 1. The number of ether oxygens (including phenoxy) is 1. The van der Waals surface area contributed by atoms with E-state index in [0.29, 0.717) is 17.4 Å². The van der Waals surface area contributed by atoms with E-state index in [1.54, 1.807) is 12.4 Å². The van der Waals surface area contributed by atoms with Crippen molar-refractivity contribution in [3.8, 4) is 11.5 Å². The first-order chi connectivity index (χ1) is 16.4. The molecule has 8 nitrogen and oxygen atoms in total. The van der Waals surface area contributed by atoms with Gasteiger partial charge in [0.15, 0.2) is 11.5 Å². The normalized spacial score (nSPS) is 18.3. The minimum Gasteiger partial charge on any atom is -0.460 e. The topological polar surface area (TPSA) is 94.2 Å². The summed E-state index contributed by atoms with van der Waals surface area (Å²) in [6.07, 6.45) is 15.7. The molecule has 1 aliphatic heterocycles. The van der Waals surface area contributed by atoms with E-state index in [1.807, 2.05) is 20.8 Å². The Hall–Kier alpha value is -2.51. The monoisotopic (exact) mass is 469 g/mol. The van der Waals surface area contributed by atoms with Gasteiger partial charge in [0.1, 0.15) is 5.60 Å². The van der Waals surface area contributed by atoms with Crippen molar-refractivity contribution in [3.63, 3.8) is 0 Å². The Morgan fingerprint density at radius 1 is 1.12 bits per heavy atom. The van der Waals surface area contributed by atoms with Gasteiger partial charge in [0.05, 0.1) is 6.42 Å². The third kappa shape index (κ3) is 6.76. The smallest absolute Gasteiger partial charge is 0.307 e. The summed E-state index contributed by atoms with van der Waals surface area (Å²) in [5.74, 6) is 2.14. The van der Waals surface area contributed by atoms with Gasteiger partial charge in [-0.05, 0) is 46.0 Å². The summed E-state index contributed by atoms with van der Waals surface area (Å²) in [4.78, 5) is 28.7. The number of anilines is 1. The van der Waals surface area contributed by atoms with Gasteiger partial charge in [-0.25, -0.2) is 9.97 Å². The minimum absolute atomic E-state index is 0.161. The number of hydrogen-bond donors (Lipinski definition) is 0. The Labute approximate surface area is 202 Å². The molecule has 2 aliphatic rings. The summed E-state index contributed by atoms with van der Waals surface area (Å²) in [7, 11) is 0. The summed E-state index contributed by atoms with van der Waals surface area (Å²) in [6.45, 7) is 7.59. The Kier molecular flexibility index (Phi) is 8.16. The first kappa shape index (κ1) is 24.6. The molecule has 0 radical (unpaired) electrons. The molecule has 0 N–H and O–H groups in total. The van der Waals surface area contributed by atoms with Crippen LogP contribution < -0.4 is 4.90 Å². The summed E-state index contributed by atoms with van der Waals surface area (Å²) < 4.78 is 11.3. The summed E-state index contributed by atoms with van der Waals surface area (Å²) >= 11 is 0. The first-order valence-electron chi connectivity index (χ1n) is 13.0. The van der Waals surface area contributed by atoms with Crippen molar-refractivity contribution in [3.05, 3.63) is 18.3 Å². The highest BCUT2D eigenvalue weighted by molar-refractivity contribution is 5.71. The van der Waals surface area contributed by atoms with Crippen LogP contribution >= 0.6 is 0 Å². The van der Waals surface area contributed by atoms with E-state index in [0.717, 1.165) is 50.5 Å². The molecule has 0 spiro atoms. The molecule has 1 saturated heterocycles. The predicted molar refractivity (Wildman–Crippen MR) is 130 cm³/mol. The Bertz CT molecular complexity index is 927. The lowest BCUT2D eigenvalue weighted by Gasteiger charge is -2.23. The third-order valence-electron chi connectivity index (χ3n) is 6.81. The van der Waals surface area contributed by atoms with Crippen molar-refractivity contribution >= 4 is 11.8 Å². The molecule has 4 rings (SSSR count). The Morgan fingerprint density at radius 3 is 2.59 bits per heavy atom. The first-order valence-corrected chi connectivity index (χ1v) is 13.0. The molecule has 0 bridgehead atoms. The molecule has 8 heteroatoms. The van der Waals surface area contributed by atoms with E-state index in [1.165, 1.54) is 38.5 Å². The van der Waals surface area contributed by atoms with Gasteiger partial charge in [-0.2, -0.15) is 4.98 Å². The molecular weight excluding hydrogens is 430 g/mol. The number of hydrogen-bond acceptors (Lipinski definition) is 8. The lowest BCUT2D eigenvalue weighted by atomic mass is 9.84. The zero-order chi connectivity index (χ0) is 24.0. The second-order valence-corrected chi connectivity index (χ2v) is 10.8. The van der Waals surface area contributed by atoms with Crippen LogP contribution in [-0.4, -0.2) is 44.8 Å². The highest BCUT2D eigenvalue weighted by Gasteiger charge is 2.28. The third-order valence-corrected chi connectivity index (χ3v) is 6.81. The molecule has 1 aliphatic carbocycles. The van der Waals surface area contributed by atoms with Gasteiger partial charge in [-0.1, -0.05) is 50.1 Å². The average molecular weight is 470 g/mol. The van der Waals surface area contributed by atoms with Crippen molar-refractivity contribution in [1.29, 1.82) is 0 Å². The minimum atomic E-state index is -0.520. The van der Waals surface area contributed by atoms with Gasteiger partial charge in [0.25, 0.3) is 0 Å². The van der Waals surface area contributed by atoms with Crippen LogP contribution in [0.4, 0.5) is 5.82 Å². The van der Waals surface area contributed by atoms with Crippen LogP contribution in [0.25, 0.3) is 11.5 Å². The molecule has 0 amide bonds. The number of nitrogens with zero attached hydrogens (tertiary/aromatic N) is 5. The van der Waals surface area contributed by atoms with Crippen LogP contribution in [0.3, 0.4) is 0 Å². The van der Waals surface area contributed by atoms with Gasteiger partial charge in [-0.15, -0.1) is 0 Å². The average Bonchev–Trinajstić information content (AvgIpc) is 3.50. The van der Waals surface area contributed by atoms with Crippen molar-refractivity contribution < 1.29 is 14.1 Å². The summed E-state index contributed by atoms with van der Waals surface area (Å²) in [5.41, 5.74) is 0.117. The number of carbonyl (C=O) groups excluding carboxylic acids is 1. The Morgan fingerprint density at radius 2 is 1.85 bits per heavy atom. The fraction of sp³-hybridized carbons (Fsp3) is 0.731. The molecule has 0 aromatic carbocycles. The fourth-order valence-electron chi connectivity index (χ4n) is 5.17. The molecule has 2 aromatic rings. The van der Waals surface area contributed by atoms with Gasteiger partial charge in [0, 0.05) is 31.4 Å². The summed E-state index contributed by atoms with van der Waals surface area (Å²) in [6, 6.07) is 0. The highest BCUT2D eigenvalue weighted by Crippen LogP contribution is 2.33. The van der Waals surface area contributed by atoms with Gasteiger partial charge in [0.2, 0.25) is 11.7 Å². The second kappa shape index (κ2) is 11.3. The number of esters is 1. The van der Waals surface area contributed by atoms with E-state index in [9.17, 15) is 4.79 Å². The maximum absolute atomic E-state index is 12.7. The molecule has 2 fully saturated rings. The largest absolute Gasteiger partial charge is 0.460 e. The number of rotatable bonds is 9. The van der Waals surface area contributed by atoms with Crippen LogP contribution in [0.15, 0.2) is 16.9 Å². The molecule has 186 valence electrons. The predicted octanol–water partition coefficient (Wildman–Crippen LogP) is 5.69. The SMILES string of the molecule is CC(C)(C)OC(=O)CC(CCCC1CCCCC1)c1nc(-c2nccnc2N2CCCC2)no1. The van der Waals surface area contributed by atoms with Crippen LogP contribution in [0.1, 0.15) is 103 Å². The zero-order valence-electron chi connectivity index (χ0n) is 21.0. The van der Waals surface area contributed by atoms with Gasteiger partial charge in [-0.3, -0.25) is 4.79 Å². The van der Waals surface area contributed by atoms with Gasteiger partial charge < -0.3 is 14.2 Å². The van der Waals surface area contributed by atoms with E-state index in [2.05, 4.69) is 20.0 Å². The van der Waals surface area contributed by atoms with Crippen LogP contribution in [0, 0.1) is 5.92 Å². The fourth-order valence-corrected chi connectivity index (χ4v) is 5.17. The van der Waals surface area contributed by atoms with Crippen LogP contribution in [0.2, 0.25) is 0 Å². The van der Waals surface area contributed by atoms with Crippen molar-refractivity contribution in [1.82, 2.24) is 20.1 Å². The molecule has 1 atom stereocenters. The standard InChI is InChI=1S/C26H39N5O3/c1-26(2,3)33-21(32)18-20(13-9-12-19-10-5-4-6-11-19)25-29-23(30-34-25)22-24(28-15-14-27-22)31-16-7-8-17-31/h14-15,19-20H,4-13,16-18H2,1-3H3. The molecule has 1 saturated carbocycles. The van der Waals surface area contributed by atoms with Crippen LogP contribution in [-0.2, 0) is 9.53 Å². The van der Waals surface area contributed by atoms with E-state index >= 15 is 0 Å². The maximum atomic E-state index is 12.7. The Balaban J connectivity index is 1.49. The quantitative estimate of drug-likeness (QED) is 0.432. The lowest BCUT2D eigenvalue weighted by molar-refractivity contribution is -0.155. The maximum Gasteiger partial charge on any atom is 0.307 e.